The number of carbonyl (C=O) groups excluding carboxylic acids is 1. The maximum absolute atomic E-state index is 12.7. The number of aromatic nitrogens is 1. The molecule has 1 amide bonds. The zero-order valence-corrected chi connectivity index (χ0v) is 17.3. The van der Waals surface area contributed by atoms with Crippen molar-refractivity contribution in [3.63, 3.8) is 0 Å². The Bertz CT molecular complexity index is 962. The number of hydrogen-bond acceptors (Lipinski definition) is 4. The molecule has 2 heterocycles. The monoisotopic (exact) mass is 411 g/mol. The molecule has 28 heavy (non-hydrogen) atoms. The molecule has 1 aliphatic heterocycles. The minimum absolute atomic E-state index is 0.150. The SMILES string of the molecule is Cc1cccc(N2CCN(C(=O)Cc3csc(-c4ccc(Cl)cc4)n3)CC2)c1. The largest absolute Gasteiger partial charge is 0.368 e. The smallest absolute Gasteiger partial charge is 0.228 e. The molecule has 0 saturated carbocycles. The maximum atomic E-state index is 12.7. The Hall–Kier alpha value is -2.37. The Morgan fingerprint density at radius 3 is 2.57 bits per heavy atom. The van der Waals surface area contributed by atoms with E-state index in [4.69, 9.17) is 11.6 Å². The van der Waals surface area contributed by atoms with Gasteiger partial charge in [-0.25, -0.2) is 4.98 Å². The summed E-state index contributed by atoms with van der Waals surface area (Å²) in [4.78, 5) is 21.6. The van der Waals surface area contributed by atoms with Crippen LogP contribution in [0.15, 0.2) is 53.9 Å². The lowest BCUT2D eigenvalue weighted by atomic mass is 10.2. The third kappa shape index (κ3) is 4.37. The van der Waals surface area contributed by atoms with Gasteiger partial charge in [0.15, 0.2) is 0 Å². The van der Waals surface area contributed by atoms with Gasteiger partial charge in [0, 0.05) is 47.8 Å². The molecule has 0 bridgehead atoms. The number of carbonyl (C=O) groups is 1. The van der Waals surface area contributed by atoms with Crippen LogP contribution in [0.25, 0.3) is 10.6 Å². The lowest BCUT2D eigenvalue weighted by molar-refractivity contribution is -0.130. The van der Waals surface area contributed by atoms with Gasteiger partial charge in [-0.05, 0) is 36.8 Å². The molecular formula is C22H22ClN3OS. The van der Waals surface area contributed by atoms with Crippen molar-refractivity contribution in [2.75, 3.05) is 31.1 Å². The standard InChI is InChI=1S/C22H22ClN3OS/c1-16-3-2-4-20(13-16)25-9-11-26(12-10-25)21(27)14-19-15-28-22(24-19)17-5-7-18(23)8-6-17/h2-8,13,15H,9-12,14H2,1H3. The van der Waals surface area contributed by atoms with Gasteiger partial charge in [-0.15, -0.1) is 11.3 Å². The normalized spacial score (nSPS) is 14.4. The second-order valence-electron chi connectivity index (χ2n) is 7.03. The van der Waals surface area contributed by atoms with Gasteiger partial charge in [-0.3, -0.25) is 4.79 Å². The van der Waals surface area contributed by atoms with Crippen molar-refractivity contribution in [2.24, 2.45) is 0 Å². The summed E-state index contributed by atoms with van der Waals surface area (Å²) >= 11 is 7.51. The molecule has 144 valence electrons. The first-order valence-electron chi connectivity index (χ1n) is 9.38. The van der Waals surface area contributed by atoms with E-state index in [9.17, 15) is 4.79 Å². The second kappa shape index (κ2) is 8.33. The molecule has 1 aromatic heterocycles. The highest BCUT2D eigenvalue weighted by atomic mass is 35.5. The van der Waals surface area contributed by atoms with E-state index in [2.05, 4.69) is 41.1 Å². The van der Waals surface area contributed by atoms with Crippen LogP contribution in [0.5, 0.6) is 0 Å². The minimum atomic E-state index is 0.150. The van der Waals surface area contributed by atoms with E-state index >= 15 is 0 Å². The fourth-order valence-electron chi connectivity index (χ4n) is 3.42. The van der Waals surface area contributed by atoms with E-state index in [0.29, 0.717) is 11.4 Å². The molecule has 2 aromatic carbocycles. The second-order valence-corrected chi connectivity index (χ2v) is 8.33. The number of amides is 1. The van der Waals surface area contributed by atoms with Gasteiger partial charge in [0.25, 0.3) is 0 Å². The van der Waals surface area contributed by atoms with E-state index in [0.717, 1.165) is 42.4 Å². The van der Waals surface area contributed by atoms with E-state index in [-0.39, 0.29) is 5.91 Å². The maximum Gasteiger partial charge on any atom is 0.228 e. The zero-order valence-electron chi connectivity index (χ0n) is 15.8. The fraction of sp³-hybridized carbons (Fsp3) is 0.273. The van der Waals surface area contributed by atoms with Gasteiger partial charge in [-0.2, -0.15) is 0 Å². The van der Waals surface area contributed by atoms with Crippen LogP contribution in [0, 0.1) is 6.92 Å². The van der Waals surface area contributed by atoms with Crippen LogP contribution >= 0.6 is 22.9 Å². The van der Waals surface area contributed by atoms with Gasteiger partial charge in [0.05, 0.1) is 12.1 Å². The summed E-state index contributed by atoms with van der Waals surface area (Å²) in [5, 5.41) is 3.61. The number of piperazine rings is 1. The van der Waals surface area contributed by atoms with E-state index < -0.39 is 0 Å². The van der Waals surface area contributed by atoms with Crippen LogP contribution in [0.2, 0.25) is 5.02 Å². The van der Waals surface area contributed by atoms with Crippen molar-refractivity contribution in [2.45, 2.75) is 13.3 Å². The molecule has 1 aliphatic rings. The van der Waals surface area contributed by atoms with Gasteiger partial charge in [-0.1, -0.05) is 35.9 Å². The first-order valence-corrected chi connectivity index (χ1v) is 10.6. The minimum Gasteiger partial charge on any atom is -0.368 e. The number of nitrogens with zero attached hydrogens (tertiary/aromatic N) is 3. The Labute approximate surface area is 174 Å². The number of halogens is 1. The van der Waals surface area contributed by atoms with E-state index in [1.807, 2.05) is 34.5 Å². The molecule has 0 atom stereocenters. The van der Waals surface area contributed by atoms with Gasteiger partial charge in [0.2, 0.25) is 5.91 Å². The highest BCUT2D eigenvalue weighted by molar-refractivity contribution is 7.13. The van der Waals surface area contributed by atoms with Crippen molar-refractivity contribution in [3.8, 4) is 10.6 Å². The predicted molar refractivity (Wildman–Crippen MR) is 116 cm³/mol. The molecular weight excluding hydrogens is 390 g/mol. The summed E-state index contributed by atoms with van der Waals surface area (Å²) in [6.45, 7) is 5.34. The van der Waals surface area contributed by atoms with Crippen molar-refractivity contribution < 1.29 is 4.79 Å². The molecule has 0 radical (unpaired) electrons. The Morgan fingerprint density at radius 1 is 1.11 bits per heavy atom. The predicted octanol–water partition coefficient (Wildman–Crippen LogP) is 4.66. The number of anilines is 1. The summed E-state index contributed by atoms with van der Waals surface area (Å²) in [6, 6.07) is 16.2. The summed E-state index contributed by atoms with van der Waals surface area (Å²) < 4.78 is 0. The first kappa shape index (κ1) is 19.0. The molecule has 6 heteroatoms. The summed E-state index contributed by atoms with van der Waals surface area (Å²) in [6.07, 6.45) is 0.356. The Kier molecular flexibility index (Phi) is 5.64. The van der Waals surface area contributed by atoms with Crippen LogP contribution in [0.1, 0.15) is 11.3 Å². The van der Waals surface area contributed by atoms with Crippen molar-refractivity contribution in [1.29, 1.82) is 0 Å². The lowest BCUT2D eigenvalue weighted by Gasteiger charge is -2.36. The highest BCUT2D eigenvalue weighted by Gasteiger charge is 2.22. The van der Waals surface area contributed by atoms with Crippen molar-refractivity contribution in [3.05, 3.63) is 70.2 Å². The van der Waals surface area contributed by atoms with Gasteiger partial charge in [0.1, 0.15) is 5.01 Å². The lowest BCUT2D eigenvalue weighted by Crippen LogP contribution is -2.49. The van der Waals surface area contributed by atoms with Crippen LogP contribution in [0.3, 0.4) is 0 Å². The molecule has 4 nitrogen and oxygen atoms in total. The van der Waals surface area contributed by atoms with Crippen molar-refractivity contribution >= 4 is 34.5 Å². The molecule has 0 unspecified atom stereocenters. The first-order chi connectivity index (χ1) is 13.6. The van der Waals surface area contributed by atoms with Gasteiger partial charge >= 0.3 is 0 Å². The number of aryl methyl sites for hydroxylation is 1. The number of thiazole rings is 1. The van der Waals surface area contributed by atoms with E-state index in [1.54, 1.807) is 11.3 Å². The van der Waals surface area contributed by atoms with Crippen molar-refractivity contribution in [1.82, 2.24) is 9.88 Å². The molecule has 0 spiro atoms. The average molecular weight is 412 g/mol. The van der Waals surface area contributed by atoms with Crippen LogP contribution in [-0.2, 0) is 11.2 Å². The third-order valence-electron chi connectivity index (χ3n) is 4.97. The number of benzene rings is 2. The average Bonchev–Trinajstić information content (AvgIpc) is 3.17. The summed E-state index contributed by atoms with van der Waals surface area (Å²) in [5.41, 5.74) is 4.36. The van der Waals surface area contributed by atoms with E-state index in [1.165, 1.54) is 11.3 Å². The fourth-order valence-corrected chi connectivity index (χ4v) is 4.37. The zero-order chi connectivity index (χ0) is 19.5. The third-order valence-corrected chi connectivity index (χ3v) is 6.17. The number of hydrogen-bond donors (Lipinski definition) is 0. The van der Waals surface area contributed by atoms with Crippen LogP contribution < -0.4 is 4.90 Å². The highest BCUT2D eigenvalue weighted by Crippen LogP contribution is 2.25. The van der Waals surface area contributed by atoms with Gasteiger partial charge < -0.3 is 9.80 Å². The van der Waals surface area contributed by atoms with Crippen LogP contribution in [-0.4, -0.2) is 42.0 Å². The molecule has 0 N–H and O–H groups in total. The molecule has 0 aliphatic carbocycles. The molecule has 4 rings (SSSR count). The molecule has 1 fully saturated rings. The topological polar surface area (TPSA) is 36.4 Å². The molecule has 3 aromatic rings. The number of rotatable bonds is 4. The Morgan fingerprint density at radius 2 is 1.86 bits per heavy atom. The summed E-state index contributed by atoms with van der Waals surface area (Å²) in [7, 11) is 0. The Balaban J connectivity index is 1.34. The van der Waals surface area contributed by atoms with Crippen LogP contribution in [0.4, 0.5) is 5.69 Å². The quantitative estimate of drug-likeness (QED) is 0.626. The summed E-state index contributed by atoms with van der Waals surface area (Å²) in [5.74, 6) is 0.150. The molecule has 1 saturated heterocycles.